The number of alkyl halides is 6. The molecule has 14 heteroatoms. The minimum Gasteiger partial charge on any atom is -0.395 e. The summed E-state index contributed by atoms with van der Waals surface area (Å²) in [7, 11) is 0. The average Bonchev–Trinajstić information content (AvgIpc) is 3.46. The van der Waals surface area contributed by atoms with Crippen LogP contribution in [0.3, 0.4) is 0 Å². The fourth-order valence-electron chi connectivity index (χ4n) is 4.63. The number of rotatable bonds is 5. The molecule has 1 aromatic heterocycles. The standard InChI is InChI=1S/C26H23F6N5O2S/c27-25(28,29)19-3-2-17(20(13-19)26(30,31)32)15-37-21-4-1-16(11-18(21)14-33-37)12-22-23(39)34-24(40-22)36-7-5-35(6-8-36)9-10-38/h1-4,11-14,38H,5-10,15H2. The van der Waals surface area contributed by atoms with Crippen molar-refractivity contribution in [2.24, 2.45) is 4.99 Å². The summed E-state index contributed by atoms with van der Waals surface area (Å²) in [6.07, 6.45) is -6.74. The number of aliphatic hydroxyl groups excluding tert-OH is 1. The number of β-amino-alcohol motifs (C(OH)–C–C–N with tert-alkyl or cyclic N) is 1. The molecule has 1 amide bonds. The normalized spacial score (nSPS) is 18.3. The minimum atomic E-state index is -4.97. The second-order valence-electron chi connectivity index (χ2n) is 9.35. The van der Waals surface area contributed by atoms with Gasteiger partial charge in [-0.15, -0.1) is 0 Å². The van der Waals surface area contributed by atoms with Crippen LogP contribution < -0.4 is 0 Å². The molecule has 0 atom stereocenters. The molecule has 0 spiro atoms. The number of benzene rings is 2. The number of piperazine rings is 1. The minimum absolute atomic E-state index is 0.0912. The van der Waals surface area contributed by atoms with E-state index in [0.29, 0.717) is 52.2 Å². The predicted molar refractivity (Wildman–Crippen MR) is 138 cm³/mol. The number of carbonyl (C=O) groups excluding carboxylic acids is 1. The van der Waals surface area contributed by atoms with E-state index < -0.39 is 23.5 Å². The van der Waals surface area contributed by atoms with Crippen LogP contribution in [0.2, 0.25) is 0 Å². The smallest absolute Gasteiger partial charge is 0.395 e. The number of halogens is 6. The number of aliphatic hydroxyl groups is 1. The Kier molecular flexibility index (Phi) is 7.68. The number of thioether (sulfide) groups is 1. The highest BCUT2D eigenvalue weighted by atomic mass is 32.2. The van der Waals surface area contributed by atoms with Gasteiger partial charge in [-0.1, -0.05) is 12.1 Å². The molecule has 2 aliphatic rings. The lowest BCUT2D eigenvalue weighted by atomic mass is 10.0. The summed E-state index contributed by atoms with van der Waals surface area (Å²) in [6, 6.07) is 6.62. The summed E-state index contributed by atoms with van der Waals surface area (Å²) < 4.78 is 81.0. The van der Waals surface area contributed by atoms with Crippen LogP contribution in [0.25, 0.3) is 17.0 Å². The first kappa shape index (κ1) is 28.2. The van der Waals surface area contributed by atoms with Crippen molar-refractivity contribution in [1.82, 2.24) is 19.6 Å². The molecule has 2 aromatic carbocycles. The van der Waals surface area contributed by atoms with Crippen LogP contribution in [0, 0.1) is 0 Å². The number of aliphatic imine (C=N–C) groups is 1. The zero-order valence-electron chi connectivity index (χ0n) is 20.8. The van der Waals surface area contributed by atoms with Crippen molar-refractivity contribution in [2.75, 3.05) is 39.3 Å². The Bertz CT molecular complexity index is 1490. The van der Waals surface area contributed by atoms with Crippen LogP contribution in [0.1, 0.15) is 22.3 Å². The van der Waals surface area contributed by atoms with Crippen molar-refractivity contribution in [3.05, 3.63) is 69.8 Å². The van der Waals surface area contributed by atoms with Gasteiger partial charge in [0.2, 0.25) is 0 Å². The Morgan fingerprint density at radius 1 is 0.975 bits per heavy atom. The lowest BCUT2D eigenvalue weighted by Gasteiger charge is -2.34. The summed E-state index contributed by atoms with van der Waals surface area (Å²) in [5.74, 6) is -0.365. The highest BCUT2D eigenvalue weighted by Crippen LogP contribution is 2.38. The highest BCUT2D eigenvalue weighted by molar-refractivity contribution is 8.18. The lowest BCUT2D eigenvalue weighted by Crippen LogP contribution is -2.48. The van der Waals surface area contributed by atoms with Crippen LogP contribution in [-0.4, -0.2) is 75.1 Å². The van der Waals surface area contributed by atoms with Crippen molar-refractivity contribution in [2.45, 2.75) is 18.9 Å². The van der Waals surface area contributed by atoms with E-state index in [9.17, 15) is 31.1 Å². The van der Waals surface area contributed by atoms with E-state index >= 15 is 0 Å². The predicted octanol–water partition coefficient (Wildman–Crippen LogP) is 4.70. The van der Waals surface area contributed by atoms with Crippen molar-refractivity contribution in [3.8, 4) is 0 Å². The molecule has 1 fully saturated rings. The summed E-state index contributed by atoms with van der Waals surface area (Å²) >= 11 is 1.27. The molecule has 0 radical (unpaired) electrons. The number of carbonyl (C=O) groups is 1. The topological polar surface area (TPSA) is 74.0 Å². The van der Waals surface area contributed by atoms with Gasteiger partial charge >= 0.3 is 12.4 Å². The molecule has 7 nitrogen and oxygen atoms in total. The number of fused-ring (bicyclic) bond motifs is 1. The number of aromatic nitrogens is 2. The molecule has 0 unspecified atom stereocenters. The van der Waals surface area contributed by atoms with E-state index in [0.717, 1.165) is 19.2 Å². The molecular weight excluding hydrogens is 560 g/mol. The van der Waals surface area contributed by atoms with E-state index in [1.54, 1.807) is 24.3 Å². The Hall–Kier alpha value is -3.36. The molecule has 3 heterocycles. The van der Waals surface area contributed by atoms with E-state index in [1.165, 1.54) is 22.6 Å². The van der Waals surface area contributed by atoms with Crippen LogP contribution in [0.5, 0.6) is 0 Å². The van der Waals surface area contributed by atoms with Gasteiger partial charge in [-0.2, -0.15) is 36.4 Å². The monoisotopic (exact) mass is 583 g/mol. The first-order valence-electron chi connectivity index (χ1n) is 12.3. The van der Waals surface area contributed by atoms with Crippen molar-refractivity contribution in [1.29, 1.82) is 0 Å². The maximum Gasteiger partial charge on any atom is 0.416 e. The maximum absolute atomic E-state index is 13.6. The molecule has 5 rings (SSSR count). The van der Waals surface area contributed by atoms with Crippen LogP contribution in [-0.2, 0) is 23.7 Å². The largest absolute Gasteiger partial charge is 0.416 e. The summed E-state index contributed by atoms with van der Waals surface area (Å²) in [5, 5.41) is 14.5. The van der Waals surface area contributed by atoms with Gasteiger partial charge < -0.3 is 10.0 Å². The van der Waals surface area contributed by atoms with E-state index in [2.05, 4.69) is 15.0 Å². The summed E-state index contributed by atoms with van der Waals surface area (Å²) in [5.41, 5.74) is -1.93. The molecule has 0 bridgehead atoms. The van der Waals surface area contributed by atoms with Crippen LogP contribution in [0.4, 0.5) is 26.3 Å². The zero-order valence-corrected chi connectivity index (χ0v) is 21.7. The molecule has 40 heavy (non-hydrogen) atoms. The summed E-state index contributed by atoms with van der Waals surface area (Å²) in [6.45, 7) is 3.20. The van der Waals surface area contributed by atoms with Crippen molar-refractivity contribution in [3.63, 3.8) is 0 Å². The zero-order chi connectivity index (χ0) is 28.7. The third kappa shape index (κ3) is 6.03. The van der Waals surface area contributed by atoms with Gasteiger partial charge in [0.15, 0.2) is 5.17 Å². The first-order valence-corrected chi connectivity index (χ1v) is 13.1. The SMILES string of the molecule is O=C1N=C(N2CCN(CCO)CC2)SC1=Cc1ccc2c(cnn2Cc2ccc(C(F)(F)F)cc2C(F)(F)F)c1. The Labute approximate surface area is 228 Å². The fourth-order valence-corrected chi connectivity index (χ4v) is 5.59. The first-order chi connectivity index (χ1) is 18.9. The number of hydrogen-bond donors (Lipinski definition) is 1. The van der Waals surface area contributed by atoms with Gasteiger partial charge in [-0.3, -0.25) is 14.4 Å². The number of amides is 1. The van der Waals surface area contributed by atoms with E-state index in [-0.39, 0.29) is 30.7 Å². The quantitative estimate of drug-likeness (QED) is 0.347. The molecular formula is C26H23F6N5O2S. The molecule has 1 N–H and O–H groups in total. The Morgan fingerprint density at radius 2 is 1.73 bits per heavy atom. The van der Waals surface area contributed by atoms with Gasteiger partial charge in [-0.25, -0.2) is 0 Å². The van der Waals surface area contributed by atoms with Crippen LogP contribution >= 0.6 is 11.8 Å². The second kappa shape index (κ2) is 10.9. The van der Waals surface area contributed by atoms with Gasteiger partial charge in [0.1, 0.15) is 0 Å². The molecule has 2 aliphatic heterocycles. The van der Waals surface area contributed by atoms with Crippen molar-refractivity contribution < 1.29 is 36.2 Å². The molecule has 0 aliphatic carbocycles. The lowest BCUT2D eigenvalue weighted by molar-refractivity contribution is -0.143. The fraction of sp³-hybridized carbons (Fsp3) is 0.346. The number of hydrogen-bond acceptors (Lipinski definition) is 6. The molecule has 3 aromatic rings. The third-order valence-corrected chi connectivity index (χ3v) is 7.74. The van der Waals surface area contributed by atoms with E-state index in [1.807, 2.05) is 4.90 Å². The van der Waals surface area contributed by atoms with Gasteiger partial charge in [0, 0.05) is 38.1 Å². The van der Waals surface area contributed by atoms with Crippen LogP contribution in [0.15, 0.2) is 52.5 Å². The summed E-state index contributed by atoms with van der Waals surface area (Å²) in [4.78, 5) is 21.3. The average molecular weight is 584 g/mol. The van der Waals surface area contributed by atoms with E-state index in [4.69, 9.17) is 5.11 Å². The van der Waals surface area contributed by atoms with Gasteiger partial charge in [-0.05, 0) is 53.2 Å². The highest BCUT2D eigenvalue weighted by Gasteiger charge is 2.38. The van der Waals surface area contributed by atoms with Crippen molar-refractivity contribution >= 4 is 39.8 Å². The second-order valence-corrected chi connectivity index (χ2v) is 10.4. The molecule has 0 saturated carbocycles. The number of amidine groups is 1. The Balaban J connectivity index is 1.33. The molecule has 212 valence electrons. The van der Waals surface area contributed by atoms with Gasteiger partial charge in [0.25, 0.3) is 5.91 Å². The third-order valence-electron chi connectivity index (χ3n) is 6.69. The maximum atomic E-state index is 13.6. The number of nitrogens with zero attached hydrogens (tertiary/aromatic N) is 5. The van der Waals surface area contributed by atoms with Gasteiger partial charge in [0.05, 0.1) is 40.9 Å². The Morgan fingerprint density at radius 3 is 2.40 bits per heavy atom. The molecule has 1 saturated heterocycles.